The van der Waals surface area contributed by atoms with E-state index in [-0.39, 0.29) is 4.99 Å². The number of thiocarbonyl (C=S) groups is 1. The second kappa shape index (κ2) is 5.43. The van der Waals surface area contributed by atoms with Crippen LogP contribution in [-0.4, -0.2) is 4.99 Å². The van der Waals surface area contributed by atoms with E-state index < -0.39 is 0 Å². The molecule has 2 N–H and O–H groups in total. The molecule has 1 aromatic rings. The summed E-state index contributed by atoms with van der Waals surface area (Å²) in [4.78, 5) is 0.135. The molecule has 1 aromatic carbocycles. The molecule has 16 heavy (non-hydrogen) atoms. The van der Waals surface area contributed by atoms with Gasteiger partial charge in [-0.1, -0.05) is 50.3 Å². The van der Waals surface area contributed by atoms with Crippen LogP contribution in [-0.2, 0) is 0 Å². The minimum Gasteiger partial charge on any atom is -0.389 e. The number of hydrogen-bond donors (Lipinski definition) is 1. The van der Waals surface area contributed by atoms with E-state index >= 15 is 0 Å². The molecular formula is C13H14N2S. The molecule has 0 aliphatic heterocycles. The standard InChI is InChI=1S/C13H14N2S/c1-9(2)11-5-3-10(4-6-11)7-12(8-14)13(15)16/h3-7,9H,1-2H3,(H2,15,16)/b12-7+. The maximum absolute atomic E-state index is 8.81. The van der Waals surface area contributed by atoms with Crippen LogP contribution in [0.15, 0.2) is 29.8 Å². The summed E-state index contributed by atoms with van der Waals surface area (Å²) in [6, 6.07) is 10.0. The molecule has 0 aromatic heterocycles. The Bertz CT molecular complexity index is 450. The van der Waals surface area contributed by atoms with Crippen molar-refractivity contribution in [3.63, 3.8) is 0 Å². The Kier molecular flexibility index (Phi) is 4.21. The van der Waals surface area contributed by atoms with Gasteiger partial charge >= 0.3 is 0 Å². The van der Waals surface area contributed by atoms with Gasteiger partial charge in [0.2, 0.25) is 0 Å². The molecule has 3 heteroatoms. The Morgan fingerprint density at radius 2 is 1.94 bits per heavy atom. The average Bonchev–Trinajstić information content (AvgIpc) is 2.26. The molecule has 0 atom stereocenters. The fourth-order valence-corrected chi connectivity index (χ4v) is 1.41. The van der Waals surface area contributed by atoms with Gasteiger partial charge in [0.1, 0.15) is 11.1 Å². The number of nitrogens with zero attached hydrogens (tertiary/aromatic N) is 1. The third-order valence-electron chi connectivity index (χ3n) is 2.30. The van der Waals surface area contributed by atoms with Crippen molar-refractivity contribution in [3.8, 4) is 6.07 Å². The quantitative estimate of drug-likeness (QED) is 0.493. The normalized spacial score (nSPS) is 11.2. The minimum atomic E-state index is 0.135. The molecule has 0 unspecified atom stereocenters. The molecule has 0 saturated heterocycles. The van der Waals surface area contributed by atoms with Crippen LogP contribution in [0.5, 0.6) is 0 Å². The van der Waals surface area contributed by atoms with Gasteiger partial charge in [-0.05, 0) is 23.1 Å². The van der Waals surface area contributed by atoms with Gasteiger partial charge in [-0.25, -0.2) is 0 Å². The summed E-state index contributed by atoms with van der Waals surface area (Å²) in [5, 5.41) is 8.81. The molecule has 0 saturated carbocycles. The zero-order valence-electron chi connectivity index (χ0n) is 9.40. The lowest BCUT2D eigenvalue weighted by Crippen LogP contribution is -2.09. The summed E-state index contributed by atoms with van der Waals surface area (Å²) >= 11 is 4.77. The fraction of sp³-hybridized carbons (Fsp3) is 0.231. The Balaban J connectivity index is 3.00. The van der Waals surface area contributed by atoms with Crippen molar-refractivity contribution >= 4 is 23.3 Å². The average molecular weight is 230 g/mol. The van der Waals surface area contributed by atoms with E-state index in [2.05, 4.69) is 13.8 Å². The second-order valence-corrected chi connectivity index (χ2v) is 4.30. The highest BCUT2D eigenvalue weighted by atomic mass is 32.1. The zero-order chi connectivity index (χ0) is 12.1. The lowest BCUT2D eigenvalue weighted by molar-refractivity contribution is 0.866. The highest BCUT2D eigenvalue weighted by Crippen LogP contribution is 2.16. The Morgan fingerprint density at radius 1 is 1.38 bits per heavy atom. The van der Waals surface area contributed by atoms with Gasteiger partial charge in [0.15, 0.2) is 0 Å². The van der Waals surface area contributed by atoms with E-state index in [1.54, 1.807) is 6.08 Å². The Morgan fingerprint density at radius 3 is 2.31 bits per heavy atom. The molecule has 0 heterocycles. The van der Waals surface area contributed by atoms with Crippen LogP contribution < -0.4 is 5.73 Å². The molecule has 0 aliphatic carbocycles. The molecule has 0 bridgehead atoms. The lowest BCUT2D eigenvalue weighted by atomic mass is 10.0. The van der Waals surface area contributed by atoms with Crippen molar-refractivity contribution in [2.24, 2.45) is 5.73 Å². The summed E-state index contributed by atoms with van der Waals surface area (Å²) in [6.45, 7) is 4.28. The monoisotopic (exact) mass is 230 g/mol. The van der Waals surface area contributed by atoms with Crippen LogP contribution in [0.3, 0.4) is 0 Å². The van der Waals surface area contributed by atoms with Crippen molar-refractivity contribution in [2.45, 2.75) is 19.8 Å². The first-order valence-corrected chi connectivity index (χ1v) is 5.47. The Hall–Kier alpha value is -1.66. The fourth-order valence-electron chi connectivity index (χ4n) is 1.30. The van der Waals surface area contributed by atoms with Crippen molar-refractivity contribution in [1.29, 1.82) is 5.26 Å². The second-order valence-electron chi connectivity index (χ2n) is 3.86. The molecule has 82 valence electrons. The lowest BCUT2D eigenvalue weighted by Gasteiger charge is -2.04. The van der Waals surface area contributed by atoms with E-state index in [0.29, 0.717) is 11.5 Å². The van der Waals surface area contributed by atoms with Gasteiger partial charge < -0.3 is 5.73 Å². The van der Waals surface area contributed by atoms with E-state index in [1.807, 2.05) is 30.3 Å². The van der Waals surface area contributed by atoms with Gasteiger partial charge in [0.05, 0.1) is 5.57 Å². The van der Waals surface area contributed by atoms with E-state index in [4.69, 9.17) is 23.2 Å². The maximum Gasteiger partial charge on any atom is 0.114 e. The SMILES string of the molecule is CC(C)c1ccc(/C=C(\C#N)C(N)=S)cc1. The van der Waals surface area contributed by atoms with Crippen LogP contribution in [0.4, 0.5) is 0 Å². The smallest absolute Gasteiger partial charge is 0.114 e. The number of nitriles is 1. The van der Waals surface area contributed by atoms with Crippen molar-refractivity contribution < 1.29 is 0 Å². The van der Waals surface area contributed by atoms with Gasteiger partial charge in [0, 0.05) is 0 Å². The van der Waals surface area contributed by atoms with E-state index in [0.717, 1.165) is 5.56 Å². The first-order chi connectivity index (χ1) is 7.54. The molecule has 0 fully saturated rings. The first kappa shape index (κ1) is 12.4. The largest absolute Gasteiger partial charge is 0.389 e. The molecule has 0 amide bonds. The predicted octanol–water partition coefficient (Wildman–Crippen LogP) is 3.00. The van der Waals surface area contributed by atoms with Crippen molar-refractivity contribution in [2.75, 3.05) is 0 Å². The van der Waals surface area contributed by atoms with Gasteiger partial charge in [-0.15, -0.1) is 0 Å². The summed E-state index contributed by atoms with van der Waals surface area (Å²) < 4.78 is 0. The predicted molar refractivity (Wildman–Crippen MR) is 70.9 cm³/mol. The highest BCUT2D eigenvalue weighted by molar-refractivity contribution is 7.80. The minimum absolute atomic E-state index is 0.135. The van der Waals surface area contributed by atoms with Gasteiger partial charge in [-0.2, -0.15) is 5.26 Å². The van der Waals surface area contributed by atoms with Crippen LogP contribution in [0.25, 0.3) is 6.08 Å². The van der Waals surface area contributed by atoms with E-state index in [1.165, 1.54) is 5.56 Å². The molecule has 1 rings (SSSR count). The topological polar surface area (TPSA) is 49.8 Å². The molecule has 0 radical (unpaired) electrons. The van der Waals surface area contributed by atoms with Crippen molar-refractivity contribution in [1.82, 2.24) is 0 Å². The maximum atomic E-state index is 8.81. The Labute approximate surface area is 101 Å². The number of rotatable bonds is 3. The van der Waals surface area contributed by atoms with Crippen LogP contribution >= 0.6 is 12.2 Å². The number of benzene rings is 1. The van der Waals surface area contributed by atoms with E-state index in [9.17, 15) is 0 Å². The first-order valence-electron chi connectivity index (χ1n) is 5.06. The highest BCUT2D eigenvalue weighted by Gasteiger charge is 2.01. The molecular weight excluding hydrogens is 216 g/mol. The third-order valence-corrected chi connectivity index (χ3v) is 2.52. The molecule has 2 nitrogen and oxygen atoms in total. The van der Waals surface area contributed by atoms with Crippen LogP contribution in [0.2, 0.25) is 0 Å². The molecule has 0 aliphatic rings. The number of nitrogens with two attached hydrogens (primary N) is 1. The summed E-state index contributed by atoms with van der Waals surface area (Å²) in [5.74, 6) is 0.504. The zero-order valence-corrected chi connectivity index (χ0v) is 10.2. The summed E-state index contributed by atoms with van der Waals surface area (Å²) in [5.41, 5.74) is 7.96. The van der Waals surface area contributed by atoms with Gasteiger partial charge in [0.25, 0.3) is 0 Å². The number of hydrogen-bond acceptors (Lipinski definition) is 2. The van der Waals surface area contributed by atoms with Crippen LogP contribution in [0, 0.1) is 11.3 Å². The van der Waals surface area contributed by atoms with Crippen molar-refractivity contribution in [3.05, 3.63) is 41.0 Å². The summed E-state index contributed by atoms with van der Waals surface area (Å²) in [6.07, 6.45) is 1.70. The van der Waals surface area contributed by atoms with Gasteiger partial charge in [-0.3, -0.25) is 0 Å². The third kappa shape index (κ3) is 3.18. The van der Waals surface area contributed by atoms with Crippen LogP contribution in [0.1, 0.15) is 30.9 Å². The summed E-state index contributed by atoms with van der Waals surface area (Å²) in [7, 11) is 0. The molecule has 0 spiro atoms.